The Labute approximate surface area is 96.9 Å². The molecule has 1 fully saturated rings. The highest BCUT2D eigenvalue weighted by molar-refractivity contribution is 5.87. The number of carboxylic acid groups (broad SMARTS) is 1. The van der Waals surface area contributed by atoms with Gasteiger partial charge in [0.25, 0.3) is 0 Å². The maximum absolute atomic E-state index is 12.5. The van der Waals surface area contributed by atoms with Crippen LogP contribution in [0.4, 0.5) is 14.6 Å². The molecule has 1 N–H and O–H groups in total. The first kappa shape index (κ1) is 11.8. The number of anilines is 1. The lowest BCUT2D eigenvalue weighted by molar-refractivity contribution is 0.0696. The second-order valence-corrected chi connectivity index (χ2v) is 4.04. The van der Waals surface area contributed by atoms with Crippen molar-refractivity contribution >= 4 is 11.8 Å². The first-order valence-corrected chi connectivity index (χ1v) is 5.30. The van der Waals surface area contributed by atoms with Crippen LogP contribution in [0.5, 0.6) is 0 Å². The molecule has 0 radical (unpaired) electrons. The van der Waals surface area contributed by atoms with Gasteiger partial charge in [0.1, 0.15) is 5.82 Å². The van der Waals surface area contributed by atoms with Gasteiger partial charge in [-0.05, 0) is 18.6 Å². The molecule has 0 amide bonds. The number of halogens is 2. The molecule has 0 aliphatic carbocycles. The number of rotatable bonds is 3. The quantitative estimate of drug-likeness (QED) is 0.879. The first-order chi connectivity index (χ1) is 8.08. The van der Waals surface area contributed by atoms with Crippen LogP contribution < -0.4 is 4.90 Å². The first-order valence-electron chi connectivity index (χ1n) is 5.30. The summed E-state index contributed by atoms with van der Waals surface area (Å²) in [7, 11) is 0. The zero-order valence-corrected chi connectivity index (χ0v) is 9.01. The molecule has 0 spiro atoms. The van der Waals surface area contributed by atoms with Crippen molar-refractivity contribution in [1.82, 2.24) is 4.98 Å². The van der Waals surface area contributed by atoms with E-state index in [0.29, 0.717) is 18.8 Å². The van der Waals surface area contributed by atoms with Gasteiger partial charge in [0.05, 0.1) is 5.56 Å². The summed E-state index contributed by atoms with van der Waals surface area (Å²) < 4.78 is 24.9. The molecule has 2 rings (SSSR count). The van der Waals surface area contributed by atoms with Crippen molar-refractivity contribution in [2.75, 3.05) is 18.0 Å². The predicted octanol–water partition coefficient (Wildman–Crippen LogP) is 1.87. The maximum atomic E-state index is 12.5. The molecule has 17 heavy (non-hydrogen) atoms. The molecule has 1 unspecified atom stereocenters. The molecule has 1 atom stereocenters. The van der Waals surface area contributed by atoms with E-state index >= 15 is 0 Å². The van der Waals surface area contributed by atoms with E-state index < -0.39 is 18.3 Å². The second kappa shape index (κ2) is 4.65. The van der Waals surface area contributed by atoms with Gasteiger partial charge >= 0.3 is 5.97 Å². The van der Waals surface area contributed by atoms with Gasteiger partial charge in [-0.2, -0.15) is 0 Å². The normalized spacial score (nSPS) is 19.9. The van der Waals surface area contributed by atoms with Gasteiger partial charge in [-0.3, -0.25) is 0 Å². The summed E-state index contributed by atoms with van der Waals surface area (Å²) in [5.74, 6) is -1.11. The summed E-state index contributed by atoms with van der Waals surface area (Å²) in [6.07, 6.45) is -0.619. The minimum Gasteiger partial charge on any atom is -0.478 e. The maximum Gasteiger partial charge on any atom is 0.337 e. The number of alkyl halides is 2. The zero-order chi connectivity index (χ0) is 12.4. The summed E-state index contributed by atoms with van der Waals surface area (Å²) in [5, 5.41) is 8.70. The Morgan fingerprint density at radius 1 is 1.53 bits per heavy atom. The van der Waals surface area contributed by atoms with Crippen LogP contribution >= 0.6 is 0 Å². The zero-order valence-electron chi connectivity index (χ0n) is 9.01. The van der Waals surface area contributed by atoms with Crippen molar-refractivity contribution in [3.63, 3.8) is 0 Å². The van der Waals surface area contributed by atoms with E-state index in [0.717, 1.165) is 0 Å². The number of aromatic carboxylic acids is 1. The van der Waals surface area contributed by atoms with E-state index in [1.165, 1.54) is 12.3 Å². The number of carbonyl (C=O) groups is 1. The Bertz CT molecular complexity index is 408. The van der Waals surface area contributed by atoms with Crippen molar-refractivity contribution in [2.45, 2.75) is 12.8 Å². The monoisotopic (exact) mass is 242 g/mol. The van der Waals surface area contributed by atoms with E-state index in [9.17, 15) is 13.6 Å². The average molecular weight is 242 g/mol. The van der Waals surface area contributed by atoms with Gasteiger partial charge in [-0.1, -0.05) is 0 Å². The van der Waals surface area contributed by atoms with Crippen LogP contribution in [0.3, 0.4) is 0 Å². The molecule has 4 nitrogen and oxygen atoms in total. The number of hydrogen-bond acceptors (Lipinski definition) is 3. The van der Waals surface area contributed by atoms with Crippen LogP contribution in [0.25, 0.3) is 0 Å². The molecular weight excluding hydrogens is 230 g/mol. The van der Waals surface area contributed by atoms with Crippen molar-refractivity contribution < 1.29 is 18.7 Å². The lowest BCUT2D eigenvalue weighted by Crippen LogP contribution is -2.22. The fraction of sp³-hybridized carbons (Fsp3) is 0.455. The van der Waals surface area contributed by atoms with Crippen LogP contribution in [-0.4, -0.2) is 35.6 Å². The number of aromatic nitrogens is 1. The van der Waals surface area contributed by atoms with E-state index in [2.05, 4.69) is 4.98 Å². The molecule has 1 aromatic rings. The van der Waals surface area contributed by atoms with Crippen LogP contribution in [-0.2, 0) is 0 Å². The van der Waals surface area contributed by atoms with Gasteiger partial charge in [0.15, 0.2) is 0 Å². The van der Waals surface area contributed by atoms with Gasteiger partial charge in [0, 0.05) is 25.2 Å². The molecule has 1 saturated heterocycles. The second-order valence-electron chi connectivity index (χ2n) is 4.04. The average Bonchev–Trinajstić information content (AvgIpc) is 2.78. The van der Waals surface area contributed by atoms with Crippen molar-refractivity contribution in [3.05, 3.63) is 23.9 Å². The van der Waals surface area contributed by atoms with Crippen LogP contribution in [0, 0.1) is 5.92 Å². The number of hydrogen-bond donors (Lipinski definition) is 1. The highest BCUT2D eigenvalue weighted by Gasteiger charge is 2.30. The summed E-state index contributed by atoms with van der Waals surface area (Å²) in [6, 6.07) is 2.98. The molecule has 0 bridgehead atoms. The number of carboxylic acids is 1. The molecule has 0 saturated carbocycles. The number of pyridine rings is 1. The highest BCUT2D eigenvalue weighted by atomic mass is 19.3. The lowest BCUT2D eigenvalue weighted by Gasteiger charge is -2.17. The van der Waals surface area contributed by atoms with E-state index in [4.69, 9.17) is 5.11 Å². The third kappa shape index (κ3) is 2.51. The van der Waals surface area contributed by atoms with E-state index in [-0.39, 0.29) is 12.1 Å². The van der Waals surface area contributed by atoms with Crippen LogP contribution in [0.2, 0.25) is 0 Å². The summed E-state index contributed by atoms with van der Waals surface area (Å²) in [4.78, 5) is 16.4. The topological polar surface area (TPSA) is 53.4 Å². The Morgan fingerprint density at radius 2 is 2.29 bits per heavy atom. The molecule has 2 heterocycles. The summed E-state index contributed by atoms with van der Waals surface area (Å²) in [6.45, 7) is 0.811. The Kier molecular flexibility index (Phi) is 3.21. The third-order valence-electron chi connectivity index (χ3n) is 2.90. The van der Waals surface area contributed by atoms with Gasteiger partial charge in [-0.15, -0.1) is 0 Å². The van der Waals surface area contributed by atoms with Crippen molar-refractivity contribution in [3.8, 4) is 0 Å². The number of nitrogens with zero attached hydrogens (tertiary/aromatic N) is 2. The van der Waals surface area contributed by atoms with Gasteiger partial charge < -0.3 is 10.0 Å². The Balaban J connectivity index is 2.06. The Hall–Kier alpha value is -1.72. The molecule has 1 aliphatic heterocycles. The Morgan fingerprint density at radius 3 is 2.76 bits per heavy atom. The smallest absolute Gasteiger partial charge is 0.337 e. The minimum atomic E-state index is -2.31. The minimum absolute atomic E-state index is 0.0957. The molecule has 92 valence electrons. The lowest BCUT2D eigenvalue weighted by atomic mass is 10.1. The van der Waals surface area contributed by atoms with Gasteiger partial charge in [0.2, 0.25) is 6.43 Å². The van der Waals surface area contributed by atoms with Crippen LogP contribution in [0.15, 0.2) is 18.3 Å². The fourth-order valence-corrected chi connectivity index (χ4v) is 1.90. The summed E-state index contributed by atoms with van der Waals surface area (Å²) in [5.41, 5.74) is 0.0957. The third-order valence-corrected chi connectivity index (χ3v) is 2.90. The fourth-order valence-electron chi connectivity index (χ4n) is 1.90. The largest absolute Gasteiger partial charge is 0.478 e. The molecular formula is C11H12F2N2O2. The predicted molar refractivity (Wildman–Crippen MR) is 57.5 cm³/mol. The summed E-state index contributed by atoms with van der Waals surface area (Å²) >= 11 is 0. The molecule has 0 aromatic carbocycles. The molecule has 6 heteroatoms. The van der Waals surface area contributed by atoms with Crippen LogP contribution in [0.1, 0.15) is 16.8 Å². The molecule has 1 aromatic heterocycles. The standard InChI is InChI=1S/C11H12F2N2O2/c12-10(13)8-3-4-15(6-8)9-2-1-7(5-14-9)11(16)17/h1-2,5,8,10H,3-4,6H2,(H,16,17). The van der Waals surface area contributed by atoms with Crippen molar-refractivity contribution in [1.29, 1.82) is 0 Å². The van der Waals surface area contributed by atoms with Gasteiger partial charge in [-0.25, -0.2) is 18.6 Å². The molecule has 1 aliphatic rings. The van der Waals surface area contributed by atoms with Crippen molar-refractivity contribution in [2.24, 2.45) is 5.92 Å². The van der Waals surface area contributed by atoms with E-state index in [1.807, 2.05) is 0 Å². The SMILES string of the molecule is O=C(O)c1ccc(N2CCC(C(F)F)C2)nc1. The highest BCUT2D eigenvalue weighted by Crippen LogP contribution is 2.26. The van der Waals surface area contributed by atoms with E-state index in [1.54, 1.807) is 11.0 Å².